The maximum Gasteiger partial charge on any atom is 0.293 e. The van der Waals surface area contributed by atoms with Crippen LogP contribution in [0.4, 0.5) is 4.79 Å². The third kappa shape index (κ3) is 5.37. The summed E-state index contributed by atoms with van der Waals surface area (Å²) in [5.74, 6) is 1.59. The second-order valence-corrected chi connectivity index (χ2v) is 9.46. The van der Waals surface area contributed by atoms with E-state index in [0.717, 1.165) is 59.6 Å². The highest BCUT2D eigenvalue weighted by atomic mass is 32.2. The number of benzene rings is 1. The average molecular weight is 468 g/mol. The summed E-state index contributed by atoms with van der Waals surface area (Å²) in [4.78, 5) is 31.2. The van der Waals surface area contributed by atoms with Gasteiger partial charge in [0, 0.05) is 18.9 Å². The molecule has 0 aliphatic carbocycles. The van der Waals surface area contributed by atoms with Crippen molar-refractivity contribution >= 4 is 40.3 Å². The number of nitrogens with zero attached hydrogens (tertiary/aromatic N) is 3. The number of imidazole rings is 1. The SMILES string of the molecule is COc1ccc(CCC=C2SC(=O)N(CCCCSc3cccc4nccn34)C2=O)cc1. The van der Waals surface area contributed by atoms with Gasteiger partial charge in [-0.15, -0.1) is 11.8 Å². The molecule has 3 aromatic rings. The molecule has 1 aromatic carbocycles. The molecule has 0 N–H and O–H groups in total. The molecule has 32 heavy (non-hydrogen) atoms. The minimum absolute atomic E-state index is 0.162. The van der Waals surface area contributed by atoms with E-state index in [4.69, 9.17) is 4.74 Å². The van der Waals surface area contributed by atoms with Crippen LogP contribution >= 0.6 is 23.5 Å². The lowest BCUT2D eigenvalue weighted by atomic mass is 10.1. The molecule has 4 rings (SSSR count). The Labute approximate surface area is 196 Å². The fourth-order valence-corrected chi connectivity index (χ4v) is 5.38. The molecular weight excluding hydrogens is 442 g/mol. The Morgan fingerprint density at radius 1 is 1.12 bits per heavy atom. The number of hydrogen-bond donors (Lipinski definition) is 0. The predicted octanol–water partition coefficient (Wildman–Crippen LogP) is 5.43. The molecule has 1 fully saturated rings. The lowest BCUT2D eigenvalue weighted by Crippen LogP contribution is -2.29. The van der Waals surface area contributed by atoms with E-state index < -0.39 is 0 Å². The fraction of sp³-hybridized carbons (Fsp3) is 0.292. The Kier molecular flexibility index (Phi) is 7.55. The maximum absolute atomic E-state index is 12.6. The molecule has 0 spiro atoms. The van der Waals surface area contributed by atoms with Crippen LogP contribution in [-0.4, -0.2) is 44.8 Å². The Hall–Kier alpha value is -2.71. The molecule has 2 amide bonds. The first kappa shape index (κ1) is 22.5. The summed E-state index contributed by atoms with van der Waals surface area (Å²) in [5.41, 5.74) is 2.11. The van der Waals surface area contributed by atoms with E-state index in [-0.39, 0.29) is 11.1 Å². The van der Waals surface area contributed by atoms with Crippen LogP contribution in [0.5, 0.6) is 5.75 Å². The first-order valence-electron chi connectivity index (χ1n) is 10.6. The smallest absolute Gasteiger partial charge is 0.293 e. The van der Waals surface area contributed by atoms with Gasteiger partial charge < -0.3 is 4.74 Å². The van der Waals surface area contributed by atoms with Gasteiger partial charge in [0.05, 0.1) is 17.0 Å². The highest BCUT2D eigenvalue weighted by Crippen LogP contribution is 2.31. The molecule has 8 heteroatoms. The second kappa shape index (κ2) is 10.7. The van der Waals surface area contributed by atoms with E-state index in [1.807, 2.05) is 48.7 Å². The van der Waals surface area contributed by atoms with Gasteiger partial charge in [-0.05, 0) is 73.0 Å². The Morgan fingerprint density at radius 2 is 1.97 bits per heavy atom. The molecule has 166 valence electrons. The number of methoxy groups -OCH3 is 1. The largest absolute Gasteiger partial charge is 0.497 e. The molecule has 1 saturated heterocycles. The molecule has 6 nitrogen and oxygen atoms in total. The zero-order valence-corrected chi connectivity index (χ0v) is 19.5. The van der Waals surface area contributed by atoms with Crippen LogP contribution in [0.3, 0.4) is 0 Å². The van der Waals surface area contributed by atoms with Gasteiger partial charge in [-0.3, -0.25) is 18.9 Å². The van der Waals surface area contributed by atoms with Gasteiger partial charge in [-0.25, -0.2) is 4.98 Å². The molecule has 1 aliphatic heterocycles. The minimum atomic E-state index is -0.165. The molecule has 0 radical (unpaired) electrons. The van der Waals surface area contributed by atoms with Crippen LogP contribution in [0.2, 0.25) is 0 Å². The van der Waals surface area contributed by atoms with Crippen molar-refractivity contribution in [2.45, 2.75) is 30.7 Å². The Balaban J connectivity index is 1.21. The highest BCUT2D eigenvalue weighted by molar-refractivity contribution is 8.18. The van der Waals surface area contributed by atoms with Crippen LogP contribution in [0.1, 0.15) is 24.8 Å². The topological polar surface area (TPSA) is 63.9 Å². The number of amides is 2. The minimum Gasteiger partial charge on any atom is -0.497 e. The summed E-state index contributed by atoms with van der Waals surface area (Å²) >= 11 is 2.81. The molecule has 3 heterocycles. The molecular formula is C24H25N3O3S2. The molecule has 0 bridgehead atoms. The number of carbonyl (C=O) groups is 2. The quantitative estimate of drug-likeness (QED) is 0.225. The zero-order chi connectivity index (χ0) is 22.3. The number of ether oxygens (including phenoxy) is 1. The maximum atomic E-state index is 12.6. The van der Waals surface area contributed by atoms with Gasteiger partial charge in [0.15, 0.2) is 0 Å². The zero-order valence-electron chi connectivity index (χ0n) is 17.9. The van der Waals surface area contributed by atoms with Gasteiger partial charge >= 0.3 is 0 Å². The fourth-order valence-electron chi connectivity index (χ4n) is 3.48. The molecule has 1 aliphatic rings. The molecule has 0 atom stereocenters. The third-order valence-electron chi connectivity index (χ3n) is 5.21. The first-order chi connectivity index (χ1) is 15.7. The van der Waals surface area contributed by atoms with E-state index in [1.54, 1.807) is 25.1 Å². The van der Waals surface area contributed by atoms with E-state index in [1.165, 1.54) is 10.5 Å². The summed E-state index contributed by atoms with van der Waals surface area (Å²) in [6.07, 6.45) is 8.89. The summed E-state index contributed by atoms with van der Waals surface area (Å²) in [7, 11) is 1.64. The van der Waals surface area contributed by atoms with Gasteiger partial charge in [-0.1, -0.05) is 24.3 Å². The van der Waals surface area contributed by atoms with Crippen molar-refractivity contribution in [2.75, 3.05) is 19.4 Å². The number of imide groups is 1. The van der Waals surface area contributed by atoms with Crippen LogP contribution in [0, 0.1) is 0 Å². The summed E-state index contributed by atoms with van der Waals surface area (Å²) in [6, 6.07) is 14.0. The number of fused-ring (bicyclic) bond motifs is 1. The van der Waals surface area contributed by atoms with Crippen molar-refractivity contribution < 1.29 is 14.3 Å². The van der Waals surface area contributed by atoms with Gasteiger partial charge in [-0.2, -0.15) is 0 Å². The Bertz CT molecular complexity index is 1120. The number of aryl methyl sites for hydroxylation is 1. The number of pyridine rings is 1. The van der Waals surface area contributed by atoms with Crippen molar-refractivity contribution in [1.82, 2.24) is 14.3 Å². The highest BCUT2D eigenvalue weighted by Gasteiger charge is 2.34. The number of hydrogen-bond acceptors (Lipinski definition) is 6. The monoisotopic (exact) mass is 467 g/mol. The van der Waals surface area contributed by atoms with E-state index >= 15 is 0 Å². The van der Waals surface area contributed by atoms with Crippen molar-refractivity contribution in [3.8, 4) is 5.75 Å². The van der Waals surface area contributed by atoms with Crippen LogP contribution in [-0.2, 0) is 11.2 Å². The normalized spacial score (nSPS) is 15.3. The van der Waals surface area contributed by atoms with E-state index in [9.17, 15) is 9.59 Å². The number of rotatable bonds is 10. The van der Waals surface area contributed by atoms with Crippen LogP contribution in [0.15, 0.2) is 70.9 Å². The standard InChI is InChI=1S/C24H25N3O3S2/c1-30-19-12-10-18(11-13-19)6-4-7-20-23(28)27(24(29)32-20)15-2-3-17-31-22-9-5-8-21-25-14-16-26(21)22/h5,7-14,16H,2-4,6,15,17H2,1H3. The third-order valence-corrected chi connectivity index (χ3v) is 7.29. The van der Waals surface area contributed by atoms with Gasteiger partial charge in [0.1, 0.15) is 11.4 Å². The van der Waals surface area contributed by atoms with Crippen LogP contribution < -0.4 is 4.74 Å². The second-order valence-electron chi connectivity index (χ2n) is 7.35. The predicted molar refractivity (Wildman–Crippen MR) is 129 cm³/mol. The number of carbonyl (C=O) groups excluding carboxylic acids is 2. The lowest BCUT2D eigenvalue weighted by Gasteiger charge is -2.12. The van der Waals surface area contributed by atoms with Crippen LogP contribution in [0.25, 0.3) is 5.65 Å². The number of unbranched alkanes of at least 4 members (excludes halogenated alkanes) is 1. The molecule has 2 aromatic heterocycles. The summed E-state index contributed by atoms with van der Waals surface area (Å²) in [6.45, 7) is 0.469. The van der Waals surface area contributed by atoms with Gasteiger partial charge in [0.2, 0.25) is 0 Å². The van der Waals surface area contributed by atoms with Crippen molar-refractivity contribution in [3.05, 3.63) is 71.4 Å². The van der Waals surface area contributed by atoms with E-state index in [2.05, 4.69) is 15.5 Å². The lowest BCUT2D eigenvalue weighted by molar-refractivity contribution is -0.122. The number of allylic oxidation sites excluding steroid dienone is 1. The Morgan fingerprint density at radius 3 is 2.78 bits per heavy atom. The van der Waals surface area contributed by atoms with Gasteiger partial charge in [0.25, 0.3) is 11.1 Å². The van der Waals surface area contributed by atoms with E-state index in [0.29, 0.717) is 11.4 Å². The summed E-state index contributed by atoms with van der Waals surface area (Å²) in [5, 5.41) is 0.979. The van der Waals surface area contributed by atoms with Crippen molar-refractivity contribution in [3.63, 3.8) is 0 Å². The average Bonchev–Trinajstić information content (AvgIpc) is 3.39. The summed E-state index contributed by atoms with van der Waals surface area (Å²) < 4.78 is 7.24. The number of aromatic nitrogens is 2. The molecule has 0 saturated carbocycles. The van der Waals surface area contributed by atoms with Crippen molar-refractivity contribution in [2.24, 2.45) is 0 Å². The molecule has 0 unspecified atom stereocenters. The van der Waals surface area contributed by atoms with Crippen molar-refractivity contribution in [1.29, 1.82) is 0 Å². The first-order valence-corrected chi connectivity index (χ1v) is 12.4. The number of thioether (sulfide) groups is 2.